The molecule has 56 heavy (non-hydrogen) atoms. The third-order valence-electron chi connectivity index (χ3n) is 8.58. The molecular weight excluding hydrogens is 952 g/mol. The summed E-state index contributed by atoms with van der Waals surface area (Å²) < 4.78 is 6.16. The Balaban J connectivity index is 0.000000291. The average Bonchev–Trinajstić information content (AvgIpc) is 3.04. The van der Waals surface area contributed by atoms with Crippen molar-refractivity contribution in [2.24, 2.45) is 16.2 Å². The Bertz CT molecular complexity index is 2050. The first-order valence-electron chi connectivity index (χ1n) is 17.3. The zero-order chi connectivity index (χ0) is 40.2. The van der Waals surface area contributed by atoms with E-state index in [1.54, 1.807) is 18.5 Å². The molecule has 0 saturated heterocycles. The van der Waals surface area contributed by atoms with Crippen molar-refractivity contribution in [2.45, 2.75) is 94.6 Å². The standard InChI is InChI=1S/C17H22N2O3.C13H14N2O3.C10H11BrN2O.CH4.W/c1-16(2,3)22-13(20)7-6-11-8-12-9-17(4,5)15(21)19-14(12)18-10-11;1-13(2)6-9-5-8(3-4-10(16)17)7-14-11(9)15-12(13)18;1-10(2)4-6-3-7(11)5-12-8(6)13-9(10)14;;/h6-8,10H,9H2,1-5H3,(H,18,19,21);3-5,7H,6H2,1-2H3,(H,16,17)(H,14,15,18);3,5H,4H2,1-2H3,(H,12,13,14);1H4;/b7-6+;4-3+;;;. The fourth-order valence-electron chi connectivity index (χ4n) is 5.63. The van der Waals surface area contributed by atoms with Crippen LogP contribution < -0.4 is 16.0 Å². The second-order valence-corrected chi connectivity index (χ2v) is 17.2. The molecule has 6 rings (SSSR count). The van der Waals surface area contributed by atoms with Gasteiger partial charge in [-0.2, -0.15) is 0 Å². The zero-order valence-electron chi connectivity index (χ0n) is 32.4. The number of carbonyl (C=O) groups is 5. The third kappa shape index (κ3) is 13.0. The molecule has 4 N–H and O–H groups in total. The van der Waals surface area contributed by atoms with Crippen molar-refractivity contribution >= 4 is 75.2 Å². The minimum Gasteiger partial charge on any atom is -0.478 e. The number of hydrogen-bond acceptors (Lipinski definition) is 9. The molecule has 300 valence electrons. The predicted octanol–water partition coefficient (Wildman–Crippen LogP) is 7.66. The summed E-state index contributed by atoms with van der Waals surface area (Å²) in [4.78, 5) is 69.9. The minimum absolute atomic E-state index is 0. The molecule has 3 amide bonds. The molecular formula is C41H51BrN6O7W. The number of rotatable bonds is 4. The number of esters is 1. The van der Waals surface area contributed by atoms with Crippen molar-refractivity contribution in [3.05, 3.63) is 81.2 Å². The first kappa shape index (κ1) is 47.6. The number of ether oxygens (including phenoxy) is 1. The topological polar surface area (TPSA) is 190 Å². The molecule has 13 nitrogen and oxygen atoms in total. The molecule has 0 radical (unpaired) electrons. The summed E-state index contributed by atoms with van der Waals surface area (Å²) in [6, 6.07) is 5.79. The second-order valence-electron chi connectivity index (χ2n) is 16.3. The Morgan fingerprint density at radius 3 is 1.43 bits per heavy atom. The number of nitrogens with zero attached hydrogens (tertiary/aromatic N) is 3. The van der Waals surface area contributed by atoms with Crippen LogP contribution in [0, 0.1) is 16.2 Å². The van der Waals surface area contributed by atoms with Gasteiger partial charge >= 0.3 is 11.9 Å². The molecule has 0 unspecified atom stereocenters. The number of halogens is 1. The fraction of sp³-hybridized carbons (Fsp3) is 0.415. The van der Waals surface area contributed by atoms with Crippen LogP contribution in [-0.4, -0.2) is 55.3 Å². The molecule has 6 heterocycles. The maximum Gasteiger partial charge on any atom is 0.331 e. The second kappa shape index (κ2) is 18.6. The molecule has 0 atom stereocenters. The first-order chi connectivity index (χ1) is 24.9. The van der Waals surface area contributed by atoms with Crippen LogP contribution in [-0.2, 0) is 69.0 Å². The summed E-state index contributed by atoms with van der Waals surface area (Å²) in [6.45, 7) is 16.9. The van der Waals surface area contributed by atoms with E-state index >= 15 is 0 Å². The van der Waals surface area contributed by atoms with Crippen LogP contribution in [0.4, 0.5) is 17.5 Å². The van der Waals surface area contributed by atoms with Gasteiger partial charge in [-0.15, -0.1) is 0 Å². The number of aromatic nitrogens is 3. The summed E-state index contributed by atoms with van der Waals surface area (Å²) in [7, 11) is 0. The van der Waals surface area contributed by atoms with Gasteiger partial charge in [-0.05, 0) is 114 Å². The van der Waals surface area contributed by atoms with Crippen molar-refractivity contribution in [3.63, 3.8) is 0 Å². The number of aliphatic carboxylic acids is 1. The molecule has 3 aliphatic rings. The summed E-state index contributed by atoms with van der Waals surface area (Å²) in [6.07, 6.45) is 12.4. The number of amides is 3. The van der Waals surface area contributed by atoms with E-state index in [1.807, 2.05) is 80.5 Å². The van der Waals surface area contributed by atoms with Crippen LogP contribution in [0.25, 0.3) is 12.2 Å². The van der Waals surface area contributed by atoms with E-state index in [0.717, 1.165) is 39.2 Å². The normalized spacial score (nSPS) is 16.9. The fourth-order valence-corrected chi connectivity index (χ4v) is 6.01. The molecule has 0 fully saturated rings. The molecule has 15 heteroatoms. The van der Waals surface area contributed by atoms with Crippen molar-refractivity contribution in [1.82, 2.24) is 15.0 Å². The van der Waals surface area contributed by atoms with E-state index in [2.05, 4.69) is 46.8 Å². The van der Waals surface area contributed by atoms with E-state index < -0.39 is 22.4 Å². The summed E-state index contributed by atoms with van der Waals surface area (Å²) >= 11 is 3.37. The smallest absolute Gasteiger partial charge is 0.331 e. The summed E-state index contributed by atoms with van der Waals surface area (Å²) in [5, 5.41) is 16.9. The van der Waals surface area contributed by atoms with Gasteiger partial charge in [-0.3, -0.25) is 14.4 Å². The molecule has 0 spiro atoms. The van der Waals surface area contributed by atoms with Crippen molar-refractivity contribution in [2.75, 3.05) is 16.0 Å². The number of nitrogens with one attached hydrogen (secondary N) is 3. The van der Waals surface area contributed by atoms with E-state index in [1.165, 1.54) is 18.3 Å². The number of hydrogen-bond donors (Lipinski definition) is 4. The number of carboxylic acids is 1. The molecule has 0 bridgehead atoms. The Kier molecular flexibility index (Phi) is 15.8. The molecule has 0 aliphatic carbocycles. The molecule has 3 aromatic rings. The van der Waals surface area contributed by atoms with E-state index in [0.29, 0.717) is 35.9 Å². The van der Waals surface area contributed by atoms with Gasteiger partial charge in [-0.25, -0.2) is 24.5 Å². The monoisotopic (exact) mass is 1000 g/mol. The van der Waals surface area contributed by atoms with Gasteiger partial charge in [0.05, 0.1) is 0 Å². The Hall–Kier alpha value is -4.55. The van der Waals surface area contributed by atoms with Crippen LogP contribution >= 0.6 is 15.9 Å². The largest absolute Gasteiger partial charge is 0.478 e. The number of carboxylic acid groups (broad SMARTS) is 1. The zero-order valence-corrected chi connectivity index (χ0v) is 36.9. The average molecular weight is 1000 g/mol. The predicted molar refractivity (Wildman–Crippen MR) is 217 cm³/mol. The van der Waals surface area contributed by atoms with Gasteiger partial charge in [-0.1, -0.05) is 49.0 Å². The van der Waals surface area contributed by atoms with Crippen LogP contribution in [0.2, 0.25) is 0 Å². The maximum atomic E-state index is 11.9. The van der Waals surface area contributed by atoms with Gasteiger partial charge in [0.25, 0.3) is 0 Å². The van der Waals surface area contributed by atoms with E-state index in [9.17, 15) is 24.0 Å². The summed E-state index contributed by atoms with van der Waals surface area (Å²) in [5.41, 5.74) is 2.72. The SMILES string of the molecule is C.CC(C)(C)OC(=O)/C=C/c1cnc2c(c1)CC(C)(C)C(=O)N2.CC1(C)Cc2cc(/C=C/C(=O)O)cnc2NC1=O.CC1(C)Cc2cc(Br)cnc2NC1=O.[W]. The Morgan fingerprint density at radius 2 is 1.05 bits per heavy atom. The molecule has 0 aromatic carbocycles. The van der Waals surface area contributed by atoms with Crippen LogP contribution in [0.1, 0.15) is 97.6 Å². The van der Waals surface area contributed by atoms with Gasteiger partial charge in [0.1, 0.15) is 23.1 Å². The van der Waals surface area contributed by atoms with Crippen molar-refractivity contribution < 1.29 is 54.9 Å². The number of fused-ring (bicyclic) bond motifs is 3. The number of anilines is 3. The van der Waals surface area contributed by atoms with Gasteiger partial charge in [0.2, 0.25) is 17.7 Å². The van der Waals surface area contributed by atoms with E-state index in [-0.39, 0.29) is 57.6 Å². The van der Waals surface area contributed by atoms with Crippen LogP contribution in [0.15, 0.2) is 53.4 Å². The number of carbonyl (C=O) groups excluding carboxylic acids is 4. The molecule has 3 aliphatic heterocycles. The van der Waals surface area contributed by atoms with Crippen molar-refractivity contribution in [1.29, 1.82) is 0 Å². The maximum absolute atomic E-state index is 11.9. The van der Waals surface area contributed by atoms with Gasteiger partial charge < -0.3 is 25.8 Å². The quantitative estimate of drug-likeness (QED) is 0.149. The Morgan fingerprint density at radius 1 is 0.696 bits per heavy atom. The third-order valence-corrected chi connectivity index (χ3v) is 9.02. The van der Waals surface area contributed by atoms with Crippen LogP contribution in [0.5, 0.6) is 0 Å². The summed E-state index contributed by atoms with van der Waals surface area (Å²) in [5.74, 6) is 0.434. The van der Waals surface area contributed by atoms with Crippen molar-refractivity contribution in [3.8, 4) is 0 Å². The molecule has 0 saturated carbocycles. The first-order valence-corrected chi connectivity index (χ1v) is 18.1. The molecule has 3 aromatic heterocycles. The van der Waals surface area contributed by atoms with Crippen LogP contribution in [0.3, 0.4) is 0 Å². The number of pyridine rings is 3. The Labute approximate surface area is 351 Å². The minimum atomic E-state index is -0.999. The van der Waals surface area contributed by atoms with Gasteiger partial charge in [0.15, 0.2) is 0 Å². The van der Waals surface area contributed by atoms with Gasteiger partial charge in [0, 0.05) is 72.5 Å². The van der Waals surface area contributed by atoms with E-state index in [4.69, 9.17) is 9.84 Å².